The first-order valence-electron chi connectivity index (χ1n) is 7.46. The highest BCUT2D eigenvalue weighted by atomic mass is 19.1. The zero-order valence-corrected chi connectivity index (χ0v) is 13.4. The minimum Gasteiger partial charge on any atom is -0.484 e. The lowest BCUT2D eigenvalue weighted by molar-refractivity contribution is -0.123. The minimum absolute atomic E-state index is 0.0782. The molecule has 0 unspecified atom stereocenters. The molecule has 0 radical (unpaired) electrons. The van der Waals surface area contributed by atoms with Gasteiger partial charge in [-0.1, -0.05) is 12.1 Å². The van der Waals surface area contributed by atoms with Gasteiger partial charge in [0.1, 0.15) is 11.6 Å². The van der Waals surface area contributed by atoms with Crippen LogP contribution in [-0.4, -0.2) is 33.2 Å². The summed E-state index contributed by atoms with van der Waals surface area (Å²) in [5.74, 6) is -0.0536. The first kappa shape index (κ1) is 16.8. The Labute approximate surface area is 135 Å². The Balaban J connectivity index is 1.69. The molecule has 2 aromatic carbocycles. The van der Waals surface area contributed by atoms with E-state index in [9.17, 15) is 9.18 Å². The third-order valence-corrected chi connectivity index (χ3v) is 3.37. The summed E-state index contributed by atoms with van der Waals surface area (Å²) in [7, 11) is 3.99. The molecular weight excluding hydrogens is 295 g/mol. The number of nitrogens with zero attached hydrogens (tertiary/aromatic N) is 1. The molecule has 0 aromatic heterocycles. The third kappa shape index (κ3) is 5.62. The number of hydrogen-bond acceptors (Lipinski definition) is 3. The first-order chi connectivity index (χ1) is 11.0. The van der Waals surface area contributed by atoms with Crippen LogP contribution in [0.3, 0.4) is 0 Å². The van der Waals surface area contributed by atoms with Crippen LogP contribution in [0.25, 0.3) is 0 Å². The number of carbonyl (C=O) groups excluding carboxylic acids is 1. The molecule has 122 valence electrons. The molecule has 5 heteroatoms. The normalized spacial score (nSPS) is 10.2. The number of nitrogens with one attached hydrogen (secondary N) is 1. The average molecular weight is 316 g/mol. The van der Waals surface area contributed by atoms with Crippen LogP contribution < -0.4 is 15.0 Å². The lowest BCUT2D eigenvalue weighted by Gasteiger charge is -2.12. The maximum atomic E-state index is 12.7. The van der Waals surface area contributed by atoms with Gasteiger partial charge in [0, 0.05) is 26.3 Å². The number of amides is 1. The number of anilines is 1. The molecule has 0 atom stereocenters. The van der Waals surface area contributed by atoms with Crippen molar-refractivity contribution in [3.8, 4) is 5.75 Å². The Morgan fingerprint density at radius 2 is 1.74 bits per heavy atom. The van der Waals surface area contributed by atoms with E-state index in [0.717, 1.165) is 17.7 Å². The Kier molecular flexibility index (Phi) is 5.97. The van der Waals surface area contributed by atoms with Gasteiger partial charge in [-0.05, 0) is 48.4 Å². The molecule has 0 bridgehead atoms. The van der Waals surface area contributed by atoms with Gasteiger partial charge in [-0.15, -0.1) is 0 Å². The van der Waals surface area contributed by atoms with Crippen molar-refractivity contribution >= 4 is 11.6 Å². The number of rotatable bonds is 7. The van der Waals surface area contributed by atoms with Crippen molar-refractivity contribution in [3.05, 3.63) is 59.9 Å². The Morgan fingerprint density at radius 3 is 2.35 bits per heavy atom. The van der Waals surface area contributed by atoms with Gasteiger partial charge in [0.05, 0.1) is 0 Å². The van der Waals surface area contributed by atoms with Crippen molar-refractivity contribution in [1.82, 2.24) is 5.32 Å². The van der Waals surface area contributed by atoms with Crippen LogP contribution in [0, 0.1) is 5.82 Å². The SMILES string of the molecule is CN(C)c1ccc(CCNC(=O)COc2ccc(F)cc2)cc1. The lowest BCUT2D eigenvalue weighted by Crippen LogP contribution is -2.30. The summed E-state index contributed by atoms with van der Waals surface area (Å²) in [4.78, 5) is 13.7. The van der Waals surface area contributed by atoms with E-state index in [4.69, 9.17) is 4.74 Å². The summed E-state index contributed by atoms with van der Waals surface area (Å²) in [6, 6.07) is 13.8. The average Bonchev–Trinajstić information content (AvgIpc) is 2.55. The molecule has 0 spiro atoms. The maximum Gasteiger partial charge on any atom is 0.257 e. The number of ether oxygens (including phenoxy) is 1. The van der Waals surface area contributed by atoms with Crippen LogP contribution in [-0.2, 0) is 11.2 Å². The number of benzene rings is 2. The fourth-order valence-corrected chi connectivity index (χ4v) is 2.04. The summed E-state index contributed by atoms with van der Waals surface area (Å²) in [6.45, 7) is 0.470. The fourth-order valence-electron chi connectivity index (χ4n) is 2.04. The lowest BCUT2D eigenvalue weighted by atomic mass is 10.1. The summed E-state index contributed by atoms with van der Waals surface area (Å²) in [5.41, 5.74) is 2.31. The van der Waals surface area contributed by atoms with Gasteiger partial charge in [0.2, 0.25) is 0 Å². The molecule has 0 saturated heterocycles. The zero-order chi connectivity index (χ0) is 16.7. The molecule has 1 N–H and O–H groups in total. The summed E-state index contributed by atoms with van der Waals surface area (Å²) in [6.07, 6.45) is 0.760. The van der Waals surface area contributed by atoms with Crippen molar-refractivity contribution < 1.29 is 13.9 Å². The fraction of sp³-hybridized carbons (Fsp3) is 0.278. The van der Waals surface area contributed by atoms with Crippen LogP contribution in [0.1, 0.15) is 5.56 Å². The minimum atomic E-state index is -0.331. The molecule has 0 heterocycles. The van der Waals surface area contributed by atoms with Crippen molar-refractivity contribution in [2.75, 3.05) is 32.1 Å². The molecule has 4 nitrogen and oxygen atoms in total. The van der Waals surface area contributed by atoms with Crippen LogP contribution in [0.5, 0.6) is 5.75 Å². The predicted octanol–water partition coefficient (Wildman–Crippen LogP) is 2.63. The van der Waals surface area contributed by atoms with E-state index < -0.39 is 0 Å². The first-order valence-corrected chi connectivity index (χ1v) is 7.46. The highest BCUT2D eigenvalue weighted by molar-refractivity contribution is 5.77. The molecule has 1 amide bonds. The van der Waals surface area contributed by atoms with E-state index in [1.54, 1.807) is 0 Å². The van der Waals surface area contributed by atoms with E-state index in [-0.39, 0.29) is 18.3 Å². The maximum absolute atomic E-state index is 12.7. The van der Waals surface area contributed by atoms with Gasteiger partial charge in [0.25, 0.3) is 5.91 Å². The largest absolute Gasteiger partial charge is 0.484 e. The second kappa shape index (κ2) is 8.17. The van der Waals surface area contributed by atoms with E-state index in [1.807, 2.05) is 19.0 Å². The summed E-state index contributed by atoms with van der Waals surface area (Å²) in [5, 5.41) is 2.80. The molecule has 0 aliphatic carbocycles. The molecule has 0 aliphatic rings. The van der Waals surface area contributed by atoms with Crippen molar-refractivity contribution in [3.63, 3.8) is 0 Å². The van der Waals surface area contributed by atoms with Crippen LogP contribution >= 0.6 is 0 Å². The van der Waals surface area contributed by atoms with Gasteiger partial charge in [-0.3, -0.25) is 4.79 Å². The topological polar surface area (TPSA) is 41.6 Å². The number of carbonyl (C=O) groups is 1. The van der Waals surface area contributed by atoms with Gasteiger partial charge < -0.3 is 15.0 Å². The second-order valence-corrected chi connectivity index (χ2v) is 5.40. The summed E-state index contributed by atoms with van der Waals surface area (Å²) < 4.78 is 18.0. The van der Waals surface area contributed by atoms with Gasteiger partial charge in [-0.25, -0.2) is 4.39 Å². The smallest absolute Gasteiger partial charge is 0.257 e. The Morgan fingerprint density at radius 1 is 1.09 bits per heavy atom. The second-order valence-electron chi connectivity index (χ2n) is 5.40. The van der Waals surface area contributed by atoms with E-state index in [2.05, 4.69) is 29.6 Å². The van der Waals surface area contributed by atoms with Crippen LogP contribution in [0.15, 0.2) is 48.5 Å². The van der Waals surface area contributed by atoms with Gasteiger partial charge in [0.15, 0.2) is 6.61 Å². The summed E-state index contributed by atoms with van der Waals surface area (Å²) >= 11 is 0. The highest BCUT2D eigenvalue weighted by Gasteiger charge is 2.03. The zero-order valence-electron chi connectivity index (χ0n) is 13.4. The molecule has 0 fully saturated rings. The molecule has 0 saturated carbocycles. The van der Waals surface area contributed by atoms with Gasteiger partial charge in [-0.2, -0.15) is 0 Å². The van der Waals surface area contributed by atoms with Crippen molar-refractivity contribution in [2.45, 2.75) is 6.42 Å². The van der Waals surface area contributed by atoms with Crippen molar-refractivity contribution in [1.29, 1.82) is 0 Å². The van der Waals surface area contributed by atoms with Crippen LogP contribution in [0.2, 0.25) is 0 Å². The molecule has 2 aromatic rings. The van der Waals surface area contributed by atoms with E-state index in [0.29, 0.717) is 12.3 Å². The monoisotopic (exact) mass is 316 g/mol. The van der Waals surface area contributed by atoms with E-state index >= 15 is 0 Å². The highest BCUT2D eigenvalue weighted by Crippen LogP contribution is 2.12. The predicted molar refractivity (Wildman–Crippen MR) is 89.4 cm³/mol. The number of hydrogen-bond donors (Lipinski definition) is 1. The number of halogens is 1. The molecule has 2 rings (SSSR count). The standard InChI is InChI=1S/C18H21FN2O2/c1-21(2)16-7-3-14(4-8-16)11-12-20-18(22)13-23-17-9-5-15(19)6-10-17/h3-10H,11-13H2,1-2H3,(H,20,22). The van der Waals surface area contributed by atoms with Crippen LogP contribution in [0.4, 0.5) is 10.1 Å². The molecular formula is C18H21FN2O2. The van der Waals surface area contributed by atoms with Gasteiger partial charge >= 0.3 is 0 Å². The van der Waals surface area contributed by atoms with E-state index in [1.165, 1.54) is 24.3 Å². The Hall–Kier alpha value is -2.56. The van der Waals surface area contributed by atoms with Crippen molar-refractivity contribution in [2.24, 2.45) is 0 Å². The quantitative estimate of drug-likeness (QED) is 0.854. The third-order valence-electron chi connectivity index (χ3n) is 3.37. The molecule has 23 heavy (non-hydrogen) atoms. The molecule has 0 aliphatic heterocycles. The Bertz CT molecular complexity index is 624.